The number of piperidine rings is 1. The molecule has 0 N–H and O–H groups in total. The molecule has 2 rings (SSSR count). The highest BCUT2D eigenvalue weighted by Gasteiger charge is 2.24. The van der Waals surface area contributed by atoms with Gasteiger partial charge in [0.2, 0.25) is 0 Å². The van der Waals surface area contributed by atoms with Gasteiger partial charge in [-0.15, -0.1) is 0 Å². The van der Waals surface area contributed by atoms with Crippen molar-refractivity contribution in [1.82, 2.24) is 9.88 Å². The van der Waals surface area contributed by atoms with Crippen molar-refractivity contribution >= 4 is 23.5 Å². The second kappa shape index (κ2) is 5.56. The molecule has 0 atom stereocenters. The standard InChI is InChI=1S/C13H18N3S/c1-11-4-3-7-14-13(11)16(10-17)12-5-8-15(2)9-6-12/h3-4,7,12H,5-6,8-9H2,1-2H3. The van der Waals surface area contributed by atoms with E-state index in [2.05, 4.69) is 35.4 Å². The Morgan fingerprint density at radius 3 is 2.76 bits per heavy atom. The highest BCUT2D eigenvalue weighted by Crippen LogP contribution is 2.22. The van der Waals surface area contributed by atoms with E-state index in [-0.39, 0.29) is 0 Å². The van der Waals surface area contributed by atoms with Crippen molar-refractivity contribution in [2.24, 2.45) is 0 Å². The van der Waals surface area contributed by atoms with Gasteiger partial charge in [0.1, 0.15) is 11.3 Å². The van der Waals surface area contributed by atoms with Crippen LogP contribution in [0.5, 0.6) is 0 Å². The van der Waals surface area contributed by atoms with Crippen molar-refractivity contribution in [2.45, 2.75) is 25.8 Å². The first kappa shape index (κ1) is 12.5. The van der Waals surface area contributed by atoms with Crippen molar-refractivity contribution in [2.75, 3.05) is 25.0 Å². The van der Waals surface area contributed by atoms with E-state index in [0.717, 1.165) is 37.3 Å². The summed E-state index contributed by atoms with van der Waals surface area (Å²) in [5.41, 5.74) is 4.04. The number of anilines is 1. The zero-order chi connectivity index (χ0) is 12.3. The van der Waals surface area contributed by atoms with E-state index in [1.54, 1.807) is 0 Å². The van der Waals surface area contributed by atoms with Gasteiger partial charge in [-0.05, 0) is 51.5 Å². The maximum absolute atomic E-state index is 5.05. The summed E-state index contributed by atoms with van der Waals surface area (Å²) in [7, 11) is 2.16. The van der Waals surface area contributed by atoms with Gasteiger partial charge in [-0.3, -0.25) is 0 Å². The monoisotopic (exact) mass is 248 g/mol. The van der Waals surface area contributed by atoms with Gasteiger partial charge in [0.25, 0.3) is 0 Å². The molecule has 91 valence electrons. The molecular weight excluding hydrogens is 230 g/mol. The van der Waals surface area contributed by atoms with Crippen molar-refractivity contribution in [3.63, 3.8) is 0 Å². The molecule has 0 amide bonds. The van der Waals surface area contributed by atoms with Gasteiger partial charge in [-0.2, -0.15) is 0 Å². The van der Waals surface area contributed by atoms with Crippen LogP contribution in [0.4, 0.5) is 5.82 Å². The largest absolute Gasteiger partial charge is 0.311 e. The first-order chi connectivity index (χ1) is 8.22. The van der Waals surface area contributed by atoms with Crippen LogP contribution in [0, 0.1) is 6.92 Å². The van der Waals surface area contributed by atoms with Crippen LogP contribution in [0.2, 0.25) is 0 Å². The van der Waals surface area contributed by atoms with E-state index in [1.807, 2.05) is 17.2 Å². The predicted molar refractivity (Wildman–Crippen MR) is 74.6 cm³/mol. The van der Waals surface area contributed by atoms with E-state index in [1.165, 1.54) is 0 Å². The van der Waals surface area contributed by atoms with Crippen LogP contribution in [-0.4, -0.2) is 41.6 Å². The number of hydrogen-bond acceptors (Lipinski definition) is 3. The lowest BCUT2D eigenvalue weighted by molar-refractivity contribution is 0.257. The highest BCUT2D eigenvalue weighted by molar-refractivity contribution is 7.79. The van der Waals surface area contributed by atoms with Crippen molar-refractivity contribution in [3.05, 3.63) is 23.9 Å². The lowest BCUT2D eigenvalue weighted by Crippen LogP contribution is -2.43. The summed E-state index contributed by atoms with van der Waals surface area (Å²) in [4.78, 5) is 8.82. The molecule has 0 aliphatic carbocycles. The molecule has 1 aromatic heterocycles. The molecule has 1 saturated heterocycles. The van der Waals surface area contributed by atoms with Gasteiger partial charge in [-0.25, -0.2) is 4.98 Å². The molecule has 1 fully saturated rings. The van der Waals surface area contributed by atoms with E-state index >= 15 is 0 Å². The number of pyridine rings is 1. The lowest BCUT2D eigenvalue weighted by atomic mass is 10.0. The fraction of sp³-hybridized carbons (Fsp3) is 0.538. The number of aryl methyl sites for hydroxylation is 1. The summed E-state index contributed by atoms with van der Waals surface area (Å²) in [6.07, 6.45) is 4.06. The summed E-state index contributed by atoms with van der Waals surface area (Å²) in [6.45, 7) is 4.30. The zero-order valence-electron chi connectivity index (χ0n) is 10.4. The summed E-state index contributed by atoms with van der Waals surface area (Å²) in [5, 5.41) is 0. The average Bonchev–Trinajstić information content (AvgIpc) is 2.35. The smallest absolute Gasteiger partial charge is 0.143 e. The van der Waals surface area contributed by atoms with Crippen LogP contribution in [0.3, 0.4) is 0 Å². The Hall–Kier alpha value is -1.00. The summed E-state index contributed by atoms with van der Waals surface area (Å²) < 4.78 is 0. The second-order valence-corrected chi connectivity index (χ2v) is 4.82. The van der Waals surface area contributed by atoms with Gasteiger partial charge >= 0.3 is 0 Å². The molecule has 0 saturated carbocycles. The Labute approximate surface area is 108 Å². The minimum Gasteiger partial charge on any atom is -0.311 e. The number of hydrogen-bond donors (Lipinski definition) is 0. The van der Waals surface area contributed by atoms with Crippen LogP contribution in [-0.2, 0) is 0 Å². The molecule has 2 heterocycles. The Morgan fingerprint density at radius 2 is 2.18 bits per heavy atom. The van der Waals surface area contributed by atoms with Crippen LogP contribution in [0.25, 0.3) is 0 Å². The van der Waals surface area contributed by atoms with Gasteiger partial charge < -0.3 is 9.80 Å². The third-order valence-corrected chi connectivity index (χ3v) is 3.56. The van der Waals surface area contributed by atoms with Gasteiger partial charge in [0, 0.05) is 12.2 Å². The predicted octanol–water partition coefficient (Wildman–Crippen LogP) is 2.12. The van der Waals surface area contributed by atoms with E-state index < -0.39 is 0 Å². The van der Waals surface area contributed by atoms with Crippen LogP contribution in [0.1, 0.15) is 18.4 Å². The molecule has 0 unspecified atom stereocenters. The molecule has 0 aromatic carbocycles. The SMILES string of the molecule is Cc1cccnc1N([C]=S)C1CCN(C)CC1. The van der Waals surface area contributed by atoms with Crippen molar-refractivity contribution in [3.8, 4) is 0 Å². The Balaban J connectivity index is 2.17. The molecule has 0 spiro atoms. The maximum atomic E-state index is 5.05. The third-order valence-electron chi connectivity index (χ3n) is 3.36. The Morgan fingerprint density at radius 1 is 1.47 bits per heavy atom. The maximum Gasteiger partial charge on any atom is 0.143 e. The third kappa shape index (κ3) is 2.82. The van der Waals surface area contributed by atoms with E-state index in [4.69, 9.17) is 12.2 Å². The first-order valence-corrected chi connectivity index (χ1v) is 6.40. The zero-order valence-corrected chi connectivity index (χ0v) is 11.2. The van der Waals surface area contributed by atoms with E-state index in [0.29, 0.717) is 6.04 Å². The highest BCUT2D eigenvalue weighted by atomic mass is 32.1. The Kier molecular flexibility index (Phi) is 4.07. The lowest BCUT2D eigenvalue weighted by Gasteiger charge is -2.35. The van der Waals surface area contributed by atoms with Crippen LogP contribution < -0.4 is 4.90 Å². The van der Waals surface area contributed by atoms with Crippen LogP contribution >= 0.6 is 12.2 Å². The quantitative estimate of drug-likeness (QED) is 0.602. The number of thiocarbonyl (C=S) groups is 1. The topological polar surface area (TPSA) is 19.4 Å². The van der Waals surface area contributed by atoms with Gasteiger partial charge in [0.15, 0.2) is 0 Å². The van der Waals surface area contributed by atoms with Gasteiger partial charge in [-0.1, -0.05) is 18.3 Å². The molecular formula is C13H18N3S. The van der Waals surface area contributed by atoms with E-state index in [9.17, 15) is 0 Å². The number of aromatic nitrogens is 1. The molecule has 1 aliphatic heterocycles. The minimum absolute atomic E-state index is 0.442. The summed E-state index contributed by atoms with van der Waals surface area (Å²) in [6, 6.07) is 4.46. The average molecular weight is 248 g/mol. The number of nitrogens with zero attached hydrogens (tertiary/aromatic N) is 3. The summed E-state index contributed by atoms with van der Waals surface area (Å²) in [5.74, 6) is 0.956. The molecule has 0 bridgehead atoms. The molecule has 4 heteroatoms. The molecule has 17 heavy (non-hydrogen) atoms. The molecule has 1 radical (unpaired) electrons. The molecule has 1 aromatic rings. The molecule has 1 aliphatic rings. The van der Waals surface area contributed by atoms with Crippen molar-refractivity contribution in [1.29, 1.82) is 0 Å². The molecule has 3 nitrogen and oxygen atoms in total. The van der Waals surface area contributed by atoms with Crippen molar-refractivity contribution < 1.29 is 0 Å². The normalized spacial score (nSPS) is 18.0. The number of likely N-dealkylation sites (tertiary alicyclic amines) is 1. The minimum atomic E-state index is 0.442. The number of rotatable bonds is 3. The fourth-order valence-electron chi connectivity index (χ4n) is 2.27. The van der Waals surface area contributed by atoms with Crippen LogP contribution in [0.15, 0.2) is 18.3 Å². The fourth-order valence-corrected chi connectivity index (χ4v) is 2.51. The first-order valence-electron chi connectivity index (χ1n) is 5.99. The summed E-state index contributed by atoms with van der Waals surface area (Å²) >= 11 is 5.05. The van der Waals surface area contributed by atoms with Gasteiger partial charge in [0.05, 0.1) is 0 Å². The Bertz CT molecular complexity index is 386. The second-order valence-electron chi connectivity index (χ2n) is 4.64.